The number of rotatable bonds is 4. The highest BCUT2D eigenvalue weighted by Crippen LogP contribution is 2.15. The minimum atomic E-state index is -1.03. The van der Waals surface area contributed by atoms with Gasteiger partial charge in [-0.15, -0.1) is 0 Å². The number of carbonyl (C=O) groups is 1. The van der Waals surface area contributed by atoms with Crippen molar-refractivity contribution in [1.29, 1.82) is 0 Å². The molecule has 0 aliphatic rings. The van der Waals surface area contributed by atoms with Gasteiger partial charge >= 0.3 is 5.97 Å². The third-order valence-corrected chi connectivity index (χ3v) is 1.82. The molecule has 0 unspecified atom stereocenters. The van der Waals surface area contributed by atoms with E-state index in [2.05, 4.69) is 10.3 Å². The molecule has 1 aromatic rings. The van der Waals surface area contributed by atoms with E-state index in [-0.39, 0.29) is 5.56 Å². The number of nitrogens with two attached hydrogens (primary N) is 1. The molecule has 5 heteroatoms. The summed E-state index contributed by atoms with van der Waals surface area (Å²) < 4.78 is 0. The number of pyridine rings is 1. The Hall–Kier alpha value is -1.78. The summed E-state index contributed by atoms with van der Waals surface area (Å²) >= 11 is 0. The van der Waals surface area contributed by atoms with Crippen LogP contribution < -0.4 is 11.1 Å². The number of nitrogen functional groups attached to an aromatic ring is 1. The second-order valence-corrected chi connectivity index (χ2v) is 3.74. The Labute approximate surface area is 88.3 Å². The Morgan fingerprint density at radius 3 is 2.87 bits per heavy atom. The SMILES string of the molecule is CC(C)CNc1ncc(N)cc1C(=O)O. The molecule has 0 atom stereocenters. The third-order valence-electron chi connectivity index (χ3n) is 1.82. The Bertz CT molecular complexity index is 364. The number of aromatic carboxylic acids is 1. The van der Waals surface area contributed by atoms with E-state index in [9.17, 15) is 4.79 Å². The zero-order valence-electron chi connectivity index (χ0n) is 8.82. The average molecular weight is 209 g/mol. The lowest BCUT2D eigenvalue weighted by molar-refractivity contribution is 0.0697. The van der Waals surface area contributed by atoms with Crippen molar-refractivity contribution in [2.75, 3.05) is 17.6 Å². The predicted octanol–water partition coefficient (Wildman–Crippen LogP) is 1.43. The number of carboxylic acid groups (broad SMARTS) is 1. The Kier molecular flexibility index (Phi) is 3.49. The normalized spacial score (nSPS) is 10.3. The van der Waals surface area contributed by atoms with E-state index in [1.807, 2.05) is 13.8 Å². The van der Waals surface area contributed by atoms with Gasteiger partial charge in [0.05, 0.1) is 11.9 Å². The van der Waals surface area contributed by atoms with Crippen LogP contribution in [0.3, 0.4) is 0 Å². The van der Waals surface area contributed by atoms with Crippen molar-refractivity contribution in [1.82, 2.24) is 4.98 Å². The quantitative estimate of drug-likeness (QED) is 0.698. The molecular formula is C10H15N3O2. The maximum absolute atomic E-state index is 10.9. The minimum absolute atomic E-state index is 0.107. The van der Waals surface area contributed by atoms with Crippen LogP contribution in [0, 0.1) is 5.92 Å². The fourth-order valence-electron chi connectivity index (χ4n) is 1.09. The molecule has 0 saturated carbocycles. The molecule has 0 aliphatic heterocycles. The molecule has 1 heterocycles. The first-order valence-corrected chi connectivity index (χ1v) is 4.73. The van der Waals surface area contributed by atoms with Crippen LogP contribution in [0.1, 0.15) is 24.2 Å². The summed E-state index contributed by atoms with van der Waals surface area (Å²) in [6, 6.07) is 1.40. The molecule has 1 aromatic heterocycles. The van der Waals surface area contributed by atoms with Crippen molar-refractivity contribution in [3.05, 3.63) is 17.8 Å². The highest BCUT2D eigenvalue weighted by molar-refractivity contribution is 5.94. The fourth-order valence-corrected chi connectivity index (χ4v) is 1.09. The zero-order chi connectivity index (χ0) is 11.4. The number of nitrogens with one attached hydrogen (secondary N) is 1. The van der Waals surface area contributed by atoms with Crippen LogP contribution in [0.4, 0.5) is 11.5 Å². The molecule has 82 valence electrons. The second-order valence-electron chi connectivity index (χ2n) is 3.74. The van der Waals surface area contributed by atoms with Gasteiger partial charge in [-0.3, -0.25) is 0 Å². The van der Waals surface area contributed by atoms with Crippen LogP contribution >= 0.6 is 0 Å². The summed E-state index contributed by atoms with van der Waals surface area (Å²) in [7, 11) is 0. The molecule has 0 saturated heterocycles. The van der Waals surface area contributed by atoms with E-state index in [1.165, 1.54) is 12.3 Å². The highest BCUT2D eigenvalue weighted by atomic mass is 16.4. The molecule has 4 N–H and O–H groups in total. The number of aromatic nitrogens is 1. The topological polar surface area (TPSA) is 88.2 Å². The molecule has 5 nitrogen and oxygen atoms in total. The van der Waals surface area contributed by atoms with Gasteiger partial charge in [0.1, 0.15) is 11.4 Å². The first kappa shape index (κ1) is 11.3. The monoisotopic (exact) mass is 209 g/mol. The Morgan fingerprint density at radius 2 is 2.33 bits per heavy atom. The van der Waals surface area contributed by atoms with Gasteiger partial charge in [0.2, 0.25) is 0 Å². The zero-order valence-corrected chi connectivity index (χ0v) is 8.82. The standard InChI is InChI=1S/C10H15N3O2/c1-6(2)4-12-9-8(10(14)15)3-7(11)5-13-9/h3,5-6H,4,11H2,1-2H3,(H,12,13)(H,14,15). The summed E-state index contributed by atoms with van der Waals surface area (Å²) in [4.78, 5) is 14.8. The van der Waals surface area contributed by atoms with Gasteiger partial charge in [0, 0.05) is 6.54 Å². The molecule has 0 spiro atoms. The van der Waals surface area contributed by atoms with Crippen LogP contribution in [-0.4, -0.2) is 22.6 Å². The fraction of sp³-hybridized carbons (Fsp3) is 0.400. The lowest BCUT2D eigenvalue weighted by atomic mass is 10.2. The Balaban J connectivity index is 2.91. The molecule has 15 heavy (non-hydrogen) atoms. The van der Waals surface area contributed by atoms with Gasteiger partial charge in [-0.2, -0.15) is 0 Å². The molecule has 0 aromatic carbocycles. The minimum Gasteiger partial charge on any atom is -0.478 e. The van der Waals surface area contributed by atoms with Gasteiger partial charge < -0.3 is 16.2 Å². The van der Waals surface area contributed by atoms with Crippen LogP contribution in [0.15, 0.2) is 12.3 Å². The van der Waals surface area contributed by atoms with Gasteiger partial charge in [-0.1, -0.05) is 13.8 Å². The van der Waals surface area contributed by atoms with Gasteiger partial charge in [-0.05, 0) is 12.0 Å². The van der Waals surface area contributed by atoms with Crippen molar-refractivity contribution in [3.8, 4) is 0 Å². The maximum Gasteiger partial charge on any atom is 0.339 e. The van der Waals surface area contributed by atoms with E-state index < -0.39 is 5.97 Å². The van der Waals surface area contributed by atoms with E-state index in [1.54, 1.807) is 0 Å². The lowest BCUT2D eigenvalue weighted by Crippen LogP contribution is -2.13. The first-order valence-electron chi connectivity index (χ1n) is 4.73. The predicted molar refractivity (Wildman–Crippen MR) is 58.9 cm³/mol. The third kappa shape index (κ3) is 3.12. The molecule has 0 fully saturated rings. The summed E-state index contributed by atoms with van der Waals surface area (Å²) in [5.41, 5.74) is 5.92. The van der Waals surface area contributed by atoms with Crippen LogP contribution in [0.5, 0.6) is 0 Å². The molecule has 0 aliphatic carbocycles. The molecule has 0 amide bonds. The summed E-state index contributed by atoms with van der Waals surface area (Å²) in [6.07, 6.45) is 1.44. The Morgan fingerprint density at radius 1 is 1.67 bits per heavy atom. The molecule has 0 radical (unpaired) electrons. The van der Waals surface area contributed by atoms with Crippen molar-refractivity contribution < 1.29 is 9.90 Å². The van der Waals surface area contributed by atoms with Crippen molar-refractivity contribution >= 4 is 17.5 Å². The van der Waals surface area contributed by atoms with Crippen LogP contribution in [0.25, 0.3) is 0 Å². The summed E-state index contributed by atoms with van der Waals surface area (Å²) in [5.74, 6) is -0.238. The molecular weight excluding hydrogens is 194 g/mol. The highest BCUT2D eigenvalue weighted by Gasteiger charge is 2.11. The van der Waals surface area contributed by atoms with Crippen LogP contribution in [-0.2, 0) is 0 Å². The summed E-state index contributed by atoms with van der Waals surface area (Å²) in [5, 5.41) is 11.9. The number of anilines is 2. The number of carboxylic acids is 1. The van der Waals surface area contributed by atoms with Crippen molar-refractivity contribution in [3.63, 3.8) is 0 Å². The second kappa shape index (κ2) is 4.63. The molecule has 1 rings (SSSR count). The molecule has 0 bridgehead atoms. The van der Waals surface area contributed by atoms with Crippen molar-refractivity contribution in [2.24, 2.45) is 5.92 Å². The number of nitrogens with zero attached hydrogens (tertiary/aromatic N) is 1. The average Bonchev–Trinajstić information content (AvgIpc) is 2.15. The van der Waals surface area contributed by atoms with Gasteiger partial charge in [0.15, 0.2) is 0 Å². The maximum atomic E-state index is 10.9. The summed E-state index contributed by atoms with van der Waals surface area (Å²) in [6.45, 7) is 4.74. The number of hydrogen-bond acceptors (Lipinski definition) is 4. The van der Waals surface area contributed by atoms with E-state index in [4.69, 9.17) is 10.8 Å². The first-order chi connectivity index (χ1) is 7.00. The van der Waals surface area contributed by atoms with E-state index >= 15 is 0 Å². The largest absolute Gasteiger partial charge is 0.478 e. The van der Waals surface area contributed by atoms with E-state index in [0.29, 0.717) is 24.0 Å². The van der Waals surface area contributed by atoms with Crippen LogP contribution in [0.2, 0.25) is 0 Å². The van der Waals surface area contributed by atoms with Gasteiger partial charge in [-0.25, -0.2) is 9.78 Å². The lowest BCUT2D eigenvalue weighted by Gasteiger charge is -2.10. The number of hydrogen-bond donors (Lipinski definition) is 3. The van der Waals surface area contributed by atoms with Crippen molar-refractivity contribution in [2.45, 2.75) is 13.8 Å². The van der Waals surface area contributed by atoms with E-state index in [0.717, 1.165) is 0 Å². The smallest absolute Gasteiger partial charge is 0.339 e. The van der Waals surface area contributed by atoms with Gasteiger partial charge in [0.25, 0.3) is 0 Å².